The van der Waals surface area contributed by atoms with E-state index in [0.29, 0.717) is 24.5 Å². The Morgan fingerprint density at radius 1 is 1.35 bits per heavy atom. The highest BCUT2D eigenvalue weighted by atomic mass is 16.6. The predicted molar refractivity (Wildman–Crippen MR) is 86.0 cm³/mol. The standard InChI is InChI=1S/C17H21NO5/c1-4-22-14-5-6-16-15(9-14)13(11-19)10-18(16)12(2)17(20)23-8-7-21-3/h5-6,9-12H,4,7-8H2,1-3H3. The number of methoxy groups -OCH3 is 1. The van der Waals surface area contributed by atoms with Gasteiger partial charge in [0.1, 0.15) is 18.4 Å². The zero-order valence-corrected chi connectivity index (χ0v) is 13.6. The number of ether oxygens (including phenoxy) is 3. The van der Waals surface area contributed by atoms with Crippen LogP contribution in [0.1, 0.15) is 30.2 Å². The zero-order chi connectivity index (χ0) is 16.8. The van der Waals surface area contributed by atoms with Gasteiger partial charge in [0, 0.05) is 29.8 Å². The Morgan fingerprint density at radius 3 is 2.78 bits per heavy atom. The van der Waals surface area contributed by atoms with E-state index in [1.807, 2.05) is 25.1 Å². The molecule has 0 aliphatic rings. The third kappa shape index (κ3) is 3.71. The first-order valence-electron chi connectivity index (χ1n) is 7.50. The molecule has 6 heteroatoms. The summed E-state index contributed by atoms with van der Waals surface area (Å²) in [6.07, 6.45) is 2.44. The van der Waals surface area contributed by atoms with Crippen molar-refractivity contribution >= 4 is 23.2 Å². The van der Waals surface area contributed by atoms with E-state index in [0.717, 1.165) is 17.2 Å². The summed E-state index contributed by atoms with van der Waals surface area (Å²) in [6.45, 7) is 4.73. The van der Waals surface area contributed by atoms with Crippen molar-refractivity contribution in [1.82, 2.24) is 4.57 Å². The van der Waals surface area contributed by atoms with Gasteiger partial charge in [-0.2, -0.15) is 0 Å². The molecule has 2 rings (SSSR count). The van der Waals surface area contributed by atoms with Gasteiger partial charge in [0.15, 0.2) is 6.29 Å². The van der Waals surface area contributed by atoms with Crippen LogP contribution in [0.2, 0.25) is 0 Å². The number of benzene rings is 1. The molecule has 0 bridgehead atoms. The van der Waals surface area contributed by atoms with Crippen LogP contribution in [-0.2, 0) is 14.3 Å². The predicted octanol–water partition coefficient (Wildman–Crippen LogP) is 2.60. The Hall–Kier alpha value is -2.34. The molecule has 23 heavy (non-hydrogen) atoms. The minimum absolute atomic E-state index is 0.202. The lowest BCUT2D eigenvalue weighted by atomic mass is 10.2. The molecule has 0 aliphatic heterocycles. The lowest BCUT2D eigenvalue weighted by Crippen LogP contribution is -2.20. The Kier molecular flexibility index (Phi) is 5.76. The lowest BCUT2D eigenvalue weighted by Gasteiger charge is -2.14. The first kappa shape index (κ1) is 17.0. The van der Waals surface area contributed by atoms with E-state index in [9.17, 15) is 9.59 Å². The van der Waals surface area contributed by atoms with Crippen molar-refractivity contribution in [3.05, 3.63) is 30.0 Å². The number of carbonyl (C=O) groups excluding carboxylic acids is 2. The Balaban J connectivity index is 2.33. The SMILES string of the molecule is CCOc1ccc2c(c1)c(C=O)cn2C(C)C(=O)OCCOC. The van der Waals surface area contributed by atoms with Gasteiger partial charge in [0.05, 0.1) is 13.2 Å². The topological polar surface area (TPSA) is 66.8 Å². The molecule has 1 aromatic heterocycles. The molecule has 0 amide bonds. The largest absolute Gasteiger partial charge is 0.494 e. The van der Waals surface area contributed by atoms with E-state index in [1.54, 1.807) is 24.8 Å². The normalized spacial score (nSPS) is 12.1. The maximum absolute atomic E-state index is 12.1. The van der Waals surface area contributed by atoms with Gasteiger partial charge in [-0.15, -0.1) is 0 Å². The van der Waals surface area contributed by atoms with Crippen LogP contribution in [0.4, 0.5) is 0 Å². The fraction of sp³-hybridized carbons (Fsp3) is 0.412. The molecule has 1 atom stereocenters. The number of rotatable bonds is 8. The van der Waals surface area contributed by atoms with Crippen LogP contribution in [0.3, 0.4) is 0 Å². The molecule has 0 saturated heterocycles. The molecule has 124 valence electrons. The highest BCUT2D eigenvalue weighted by Gasteiger charge is 2.20. The summed E-state index contributed by atoms with van der Waals surface area (Å²) in [5.41, 5.74) is 1.30. The fourth-order valence-corrected chi connectivity index (χ4v) is 2.39. The van der Waals surface area contributed by atoms with Gasteiger partial charge >= 0.3 is 5.97 Å². The van der Waals surface area contributed by atoms with E-state index in [2.05, 4.69) is 0 Å². The quantitative estimate of drug-likeness (QED) is 0.425. The number of aromatic nitrogens is 1. The van der Waals surface area contributed by atoms with E-state index in [-0.39, 0.29) is 12.6 Å². The highest BCUT2D eigenvalue weighted by Crippen LogP contribution is 2.28. The maximum atomic E-state index is 12.1. The number of aldehydes is 1. The molecular formula is C17H21NO5. The third-order valence-corrected chi connectivity index (χ3v) is 3.56. The van der Waals surface area contributed by atoms with Crippen molar-refractivity contribution < 1.29 is 23.8 Å². The molecule has 1 heterocycles. The van der Waals surface area contributed by atoms with E-state index in [1.165, 1.54) is 0 Å². The maximum Gasteiger partial charge on any atom is 0.328 e. The molecule has 2 aromatic rings. The zero-order valence-electron chi connectivity index (χ0n) is 13.6. The summed E-state index contributed by atoms with van der Waals surface area (Å²) in [5.74, 6) is 0.321. The molecule has 0 aliphatic carbocycles. The van der Waals surface area contributed by atoms with Gasteiger partial charge in [0.25, 0.3) is 0 Å². The van der Waals surface area contributed by atoms with Crippen LogP contribution in [0.15, 0.2) is 24.4 Å². The molecule has 1 aromatic carbocycles. The van der Waals surface area contributed by atoms with Crippen LogP contribution in [0.5, 0.6) is 5.75 Å². The summed E-state index contributed by atoms with van der Waals surface area (Å²) in [4.78, 5) is 23.4. The average molecular weight is 319 g/mol. The van der Waals surface area contributed by atoms with E-state index < -0.39 is 6.04 Å². The number of hydrogen-bond donors (Lipinski definition) is 0. The third-order valence-electron chi connectivity index (χ3n) is 3.56. The van der Waals surface area contributed by atoms with Gasteiger partial charge in [-0.3, -0.25) is 4.79 Å². The van der Waals surface area contributed by atoms with Gasteiger partial charge in [0.2, 0.25) is 0 Å². The van der Waals surface area contributed by atoms with Gasteiger partial charge < -0.3 is 18.8 Å². The molecule has 0 N–H and O–H groups in total. The van der Waals surface area contributed by atoms with Crippen LogP contribution in [-0.4, -0.2) is 43.8 Å². The molecular weight excluding hydrogens is 298 g/mol. The van der Waals surface area contributed by atoms with Crippen molar-refractivity contribution in [3.63, 3.8) is 0 Å². The molecule has 0 fully saturated rings. The minimum atomic E-state index is -0.541. The van der Waals surface area contributed by atoms with Gasteiger partial charge in [-0.05, 0) is 32.0 Å². The molecule has 1 unspecified atom stereocenters. The van der Waals surface area contributed by atoms with Crippen LogP contribution < -0.4 is 4.74 Å². The number of fused-ring (bicyclic) bond motifs is 1. The second kappa shape index (κ2) is 7.78. The smallest absolute Gasteiger partial charge is 0.328 e. The summed E-state index contributed by atoms with van der Waals surface area (Å²) in [7, 11) is 1.54. The van der Waals surface area contributed by atoms with Crippen molar-refractivity contribution in [2.45, 2.75) is 19.9 Å². The van der Waals surface area contributed by atoms with Gasteiger partial charge in [-0.1, -0.05) is 0 Å². The lowest BCUT2D eigenvalue weighted by molar-refractivity contribution is -0.148. The molecule has 0 saturated carbocycles. The summed E-state index contributed by atoms with van der Waals surface area (Å²) in [5, 5.41) is 0.752. The summed E-state index contributed by atoms with van der Waals surface area (Å²) < 4.78 is 17.2. The van der Waals surface area contributed by atoms with Crippen molar-refractivity contribution in [1.29, 1.82) is 0 Å². The first-order chi connectivity index (χ1) is 11.1. The number of nitrogens with zero attached hydrogens (tertiary/aromatic N) is 1. The Bertz CT molecular complexity index is 692. The summed E-state index contributed by atoms with van der Waals surface area (Å²) >= 11 is 0. The van der Waals surface area contributed by atoms with E-state index in [4.69, 9.17) is 14.2 Å². The van der Waals surface area contributed by atoms with Crippen LogP contribution in [0.25, 0.3) is 10.9 Å². The van der Waals surface area contributed by atoms with Crippen molar-refractivity contribution in [2.75, 3.05) is 26.9 Å². The fourth-order valence-electron chi connectivity index (χ4n) is 2.39. The second-order valence-electron chi connectivity index (χ2n) is 5.06. The number of esters is 1. The van der Waals surface area contributed by atoms with Crippen molar-refractivity contribution in [2.24, 2.45) is 0 Å². The van der Waals surface area contributed by atoms with Crippen LogP contribution in [0, 0.1) is 0 Å². The van der Waals surface area contributed by atoms with Gasteiger partial charge in [-0.25, -0.2) is 4.79 Å². The Morgan fingerprint density at radius 2 is 2.13 bits per heavy atom. The second-order valence-corrected chi connectivity index (χ2v) is 5.06. The average Bonchev–Trinajstić information content (AvgIpc) is 2.92. The highest BCUT2D eigenvalue weighted by molar-refractivity contribution is 5.99. The first-order valence-corrected chi connectivity index (χ1v) is 7.50. The number of hydrogen-bond acceptors (Lipinski definition) is 5. The van der Waals surface area contributed by atoms with Crippen LogP contribution >= 0.6 is 0 Å². The molecule has 0 radical (unpaired) electrons. The minimum Gasteiger partial charge on any atom is -0.494 e. The molecule has 6 nitrogen and oxygen atoms in total. The Labute approximate surface area is 134 Å². The van der Waals surface area contributed by atoms with E-state index >= 15 is 0 Å². The monoisotopic (exact) mass is 319 g/mol. The summed E-state index contributed by atoms with van der Waals surface area (Å²) in [6, 6.07) is 4.93. The van der Waals surface area contributed by atoms with Crippen molar-refractivity contribution in [3.8, 4) is 5.75 Å². The molecule has 0 spiro atoms. The number of carbonyl (C=O) groups is 2.